The van der Waals surface area contributed by atoms with E-state index in [9.17, 15) is 0 Å². The third kappa shape index (κ3) is 6.53. The number of thiol groups is 1. The van der Waals surface area contributed by atoms with Crippen molar-refractivity contribution in [2.75, 3.05) is 5.75 Å². The van der Waals surface area contributed by atoms with Crippen LogP contribution in [0.2, 0.25) is 0 Å². The van der Waals surface area contributed by atoms with E-state index in [-0.39, 0.29) is 0 Å². The Morgan fingerprint density at radius 1 is 1.25 bits per heavy atom. The van der Waals surface area contributed by atoms with E-state index in [2.05, 4.69) is 51.6 Å². The van der Waals surface area contributed by atoms with E-state index in [4.69, 9.17) is 0 Å². The summed E-state index contributed by atoms with van der Waals surface area (Å²) in [6, 6.07) is 0. The van der Waals surface area contributed by atoms with Gasteiger partial charge in [0.2, 0.25) is 0 Å². The first-order valence-corrected chi connectivity index (χ1v) is 5.21. The molecule has 0 aromatic carbocycles. The molecule has 12 heavy (non-hydrogen) atoms. The van der Waals surface area contributed by atoms with Crippen molar-refractivity contribution in [3.63, 3.8) is 0 Å². The summed E-state index contributed by atoms with van der Waals surface area (Å²) in [4.78, 5) is 0. The average Bonchev–Trinajstić information content (AvgIpc) is 1.98. The molecule has 0 aromatic rings. The van der Waals surface area contributed by atoms with Gasteiger partial charge in [-0.15, -0.1) is 0 Å². The SMILES string of the molecule is CCCC(C)(C)C=CC=CCS. The van der Waals surface area contributed by atoms with Gasteiger partial charge in [-0.1, -0.05) is 51.5 Å². The van der Waals surface area contributed by atoms with Crippen molar-refractivity contribution < 1.29 is 0 Å². The highest BCUT2D eigenvalue weighted by atomic mass is 32.1. The maximum atomic E-state index is 4.09. The van der Waals surface area contributed by atoms with E-state index < -0.39 is 0 Å². The lowest BCUT2D eigenvalue weighted by Crippen LogP contribution is -2.05. The van der Waals surface area contributed by atoms with Crippen LogP contribution in [0.4, 0.5) is 0 Å². The van der Waals surface area contributed by atoms with E-state index in [0.29, 0.717) is 5.41 Å². The summed E-state index contributed by atoms with van der Waals surface area (Å²) in [6.45, 7) is 6.75. The molecule has 0 aliphatic carbocycles. The van der Waals surface area contributed by atoms with Crippen molar-refractivity contribution in [2.24, 2.45) is 5.41 Å². The predicted molar refractivity (Wildman–Crippen MR) is 60.8 cm³/mol. The van der Waals surface area contributed by atoms with Crippen LogP contribution >= 0.6 is 12.6 Å². The Hall–Kier alpha value is -0.170. The fourth-order valence-electron chi connectivity index (χ4n) is 1.18. The molecule has 0 fully saturated rings. The van der Waals surface area contributed by atoms with Gasteiger partial charge in [-0.3, -0.25) is 0 Å². The van der Waals surface area contributed by atoms with Crippen LogP contribution in [-0.4, -0.2) is 5.75 Å². The zero-order valence-electron chi connectivity index (χ0n) is 8.38. The van der Waals surface area contributed by atoms with Crippen molar-refractivity contribution in [3.8, 4) is 0 Å². The fraction of sp³-hybridized carbons (Fsp3) is 0.636. The van der Waals surface area contributed by atoms with Gasteiger partial charge < -0.3 is 0 Å². The third-order valence-corrected chi connectivity index (χ3v) is 2.01. The Balaban J connectivity index is 3.86. The second-order valence-electron chi connectivity index (χ2n) is 3.71. The van der Waals surface area contributed by atoms with Gasteiger partial charge in [-0.05, 0) is 11.8 Å². The molecule has 0 N–H and O–H groups in total. The minimum atomic E-state index is 0.343. The molecule has 0 aliphatic heterocycles. The molecule has 0 spiro atoms. The van der Waals surface area contributed by atoms with Crippen molar-refractivity contribution in [3.05, 3.63) is 24.3 Å². The minimum absolute atomic E-state index is 0.343. The molecule has 0 radical (unpaired) electrons. The van der Waals surface area contributed by atoms with Crippen LogP contribution in [0.15, 0.2) is 24.3 Å². The van der Waals surface area contributed by atoms with Crippen LogP contribution in [0.3, 0.4) is 0 Å². The second kappa shape index (κ2) is 6.36. The second-order valence-corrected chi connectivity index (χ2v) is 4.07. The largest absolute Gasteiger partial charge is 0.175 e. The molecule has 0 nitrogen and oxygen atoms in total. The van der Waals surface area contributed by atoms with Crippen LogP contribution in [-0.2, 0) is 0 Å². The van der Waals surface area contributed by atoms with Crippen molar-refractivity contribution in [2.45, 2.75) is 33.6 Å². The summed E-state index contributed by atoms with van der Waals surface area (Å²) in [6.07, 6.45) is 11.0. The zero-order chi connectivity index (χ0) is 9.45. The number of hydrogen-bond donors (Lipinski definition) is 1. The van der Waals surface area contributed by atoms with Gasteiger partial charge in [0.25, 0.3) is 0 Å². The molecule has 0 atom stereocenters. The lowest BCUT2D eigenvalue weighted by molar-refractivity contribution is 0.432. The van der Waals surface area contributed by atoms with Crippen molar-refractivity contribution in [1.82, 2.24) is 0 Å². The molecule has 0 amide bonds. The van der Waals surface area contributed by atoms with Gasteiger partial charge in [0, 0.05) is 5.75 Å². The van der Waals surface area contributed by atoms with Gasteiger partial charge in [0.05, 0.1) is 0 Å². The highest BCUT2D eigenvalue weighted by Gasteiger charge is 2.10. The van der Waals surface area contributed by atoms with Crippen LogP contribution in [0.1, 0.15) is 33.6 Å². The van der Waals surface area contributed by atoms with E-state index in [1.165, 1.54) is 12.8 Å². The molecule has 0 aliphatic rings. The summed E-state index contributed by atoms with van der Waals surface area (Å²) < 4.78 is 0. The molecule has 0 heterocycles. The summed E-state index contributed by atoms with van der Waals surface area (Å²) in [5.41, 5.74) is 0.343. The standard InChI is InChI=1S/C11H20S/c1-4-8-11(2,3)9-6-5-7-10-12/h5-7,9,12H,4,8,10H2,1-3H3. The molecule has 0 bridgehead atoms. The van der Waals surface area contributed by atoms with Gasteiger partial charge in [-0.25, -0.2) is 0 Å². The van der Waals surface area contributed by atoms with Crippen molar-refractivity contribution in [1.29, 1.82) is 0 Å². The van der Waals surface area contributed by atoms with E-state index in [1.54, 1.807) is 0 Å². The minimum Gasteiger partial charge on any atom is -0.175 e. The number of hydrogen-bond acceptors (Lipinski definition) is 1. The van der Waals surface area contributed by atoms with Crippen LogP contribution in [0, 0.1) is 5.41 Å². The summed E-state index contributed by atoms with van der Waals surface area (Å²) in [5.74, 6) is 0.818. The Kier molecular flexibility index (Phi) is 6.27. The molecular formula is C11H20S. The predicted octanol–water partition coefficient (Wildman–Crippen LogP) is 3.85. The normalized spacial score (nSPS) is 13.3. The van der Waals surface area contributed by atoms with Gasteiger partial charge in [-0.2, -0.15) is 12.6 Å². The van der Waals surface area contributed by atoms with E-state index in [0.717, 1.165) is 5.75 Å². The Morgan fingerprint density at radius 3 is 2.42 bits per heavy atom. The lowest BCUT2D eigenvalue weighted by Gasteiger charge is -2.18. The number of allylic oxidation sites excluding steroid dienone is 3. The monoisotopic (exact) mass is 184 g/mol. The quantitative estimate of drug-likeness (QED) is 0.487. The van der Waals surface area contributed by atoms with Crippen LogP contribution < -0.4 is 0 Å². The molecule has 70 valence electrons. The summed E-state index contributed by atoms with van der Waals surface area (Å²) >= 11 is 4.09. The van der Waals surface area contributed by atoms with E-state index >= 15 is 0 Å². The third-order valence-electron chi connectivity index (χ3n) is 1.79. The molecule has 0 aromatic heterocycles. The first-order chi connectivity index (χ1) is 5.62. The van der Waals surface area contributed by atoms with E-state index in [1.807, 2.05) is 6.08 Å². The first kappa shape index (κ1) is 11.8. The van der Waals surface area contributed by atoms with Crippen molar-refractivity contribution >= 4 is 12.6 Å². The summed E-state index contributed by atoms with van der Waals surface area (Å²) in [5, 5.41) is 0. The molecule has 0 saturated carbocycles. The van der Waals surface area contributed by atoms with Gasteiger partial charge in [0.15, 0.2) is 0 Å². The molecule has 0 unspecified atom stereocenters. The highest BCUT2D eigenvalue weighted by molar-refractivity contribution is 7.80. The fourth-order valence-corrected chi connectivity index (χ4v) is 1.30. The molecular weight excluding hydrogens is 164 g/mol. The van der Waals surface area contributed by atoms with Gasteiger partial charge in [0.1, 0.15) is 0 Å². The smallest absolute Gasteiger partial charge is 0.00856 e. The van der Waals surface area contributed by atoms with Crippen LogP contribution in [0.25, 0.3) is 0 Å². The lowest BCUT2D eigenvalue weighted by atomic mass is 9.88. The topological polar surface area (TPSA) is 0 Å². The Labute approximate surface area is 82.2 Å². The van der Waals surface area contributed by atoms with Crippen LogP contribution in [0.5, 0.6) is 0 Å². The van der Waals surface area contributed by atoms with Gasteiger partial charge >= 0.3 is 0 Å². The molecule has 0 saturated heterocycles. The maximum Gasteiger partial charge on any atom is 0.00856 e. The summed E-state index contributed by atoms with van der Waals surface area (Å²) in [7, 11) is 0. The number of rotatable bonds is 5. The molecule has 0 rings (SSSR count). The Morgan fingerprint density at radius 2 is 1.92 bits per heavy atom. The Bertz CT molecular complexity index is 154. The first-order valence-electron chi connectivity index (χ1n) is 4.57. The molecule has 1 heteroatoms. The zero-order valence-corrected chi connectivity index (χ0v) is 9.27. The average molecular weight is 184 g/mol. The maximum absolute atomic E-state index is 4.09. The highest BCUT2D eigenvalue weighted by Crippen LogP contribution is 2.23.